The second-order valence-corrected chi connectivity index (χ2v) is 4.65. The number of carbonyl (C=O) groups excluding carboxylic acids is 1. The third-order valence-electron chi connectivity index (χ3n) is 3.30. The van der Waals surface area contributed by atoms with Gasteiger partial charge in [0.25, 0.3) is 0 Å². The average molecular weight is 286 g/mol. The van der Waals surface area contributed by atoms with Gasteiger partial charge in [0.2, 0.25) is 5.60 Å². The van der Waals surface area contributed by atoms with Crippen molar-refractivity contribution in [2.24, 2.45) is 0 Å². The quantitative estimate of drug-likeness (QED) is 0.864. The van der Waals surface area contributed by atoms with Crippen LogP contribution < -0.4 is 10.1 Å². The van der Waals surface area contributed by atoms with Crippen LogP contribution in [0.25, 0.3) is 0 Å². The minimum atomic E-state index is -0.838. The molecule has 1 aromatic rings. The molecular formula is C14H20ClNO3. The first-order valence-electron chi connectivity index (χ1n) is 6.21. The van der Waals surface area contributed by atoms with E-state index in [0.29, 0.717) is 18.6 Å². The normalized spacial score (nSPS) is 17.2. The summed E-state index contributed by atoms with van der Waals surface area (Å²) < 4.78 is 10.8. The molecular weight excluding hydrogens is 266 g/mol. The number of aryl methyl sites for hydroxylation is 1. The van der Waals surface area contributed by atoms with Crippen molar-refractivity contribution in [3.05, 3.63) is 29.8 Å². The highest BCUT2D eigenvalue weighted by Gasteiger charge is 2.43. The lowest BCUT2D eigenvalue weighted by Gasteiger charge is -2.35. The highest BCUT2D eigenvalue weighted by atomic mass is 35.5. The molecule has 0 unspecified atom stereocenters. The average Bonchev–Trinajstić information content (AvgIpc) is 2.41. The third-order valence-corrected chi connectivity index (χ3v) is 3.30. The van der Waals surface area contributed by atoms with E-state index in [1.807, 2.05) is 31.2 Å². The van der Waals surface area contributed by atoms with Crippen LogP contribution in [0.15, 0.2) is 24.3 Å². The predicted molar refractivity (Wildman–Crippen MR) is 75.9 cm³/mol. The standard InChI is InChI=1S/C14H19NO3.ClH/c1-11-3-5-12(6-4-11)18-14(13(16)17-2)7-9-15-10-8-14;/h3-6,15H,7-10H2,1-2H3;1H. The first kappa shape index (κ1) is 15.8. The Hall–Kier alpha value is -1.26. The van der Waals surface area contributed by atoms with Crippen molar-refractivity contribution in [3.63, 3.8) is 0 Å². The maximum Gasteiger partial charge on any atom is 0.350 e. The summed E-state index contributed by atoms with van der Waals surface area (Å²) in [5.74, 6) is 0.428. The van der Waals surface area contributed by atoms with Crippen molar-refractivity contribution >= 4 is 18.4 Å². The fraction of sp³-hybridized carbons (Fsp3) is 0.500. The van der Waals surface area contributed by atoms with Gasteiger partial charge in [-0.15, -0.1) is 12.4 Å². The van der Waals surface area contributed by atoms with Gasteiger partial charge in [0.1, 0.15) is 5.75 Å². The van der Waals surface area contributed by atoms with Gasteiger partial charge in [-0.05, 0) is 32.1 Å². The van der Waals surface area contributed by atoms with Gasteiger partial charge in [0, 0.05) is 12.8 Å². The van der Waals surface area contributed by atoms with Gasteiger partial charge in [-0.3, -0.25) is 0 Å². The van der Waals surface area contributed by atoms with E-state index in [1.54, 1.807) is 0 Å². The molecule has 0 aliphatic carbocycles. The molecule has 1 N–H and O–H groups in total. The van der Waals surface area contributed by atoms with Gasteiger partial charge >= 0.3 is 5.97 Å². The summed E-state index contributed by atoms with van der Waals surface area (Å²) in [6.45, 7) is 3.55. The van der Waals surface area contributed by atoms with Crippen molar-refractivity contribution in [1.82, 2.24) is 5.32 Å². The number of esters is 1. The summed E-state index contributed by atoms with van der Waals surface area (Å²) in [7, 11) is 1.41. The molecule has 2 rings (SSSR count). The van der Waals surface area contributed by atoms with Crippen LogP contribution in [0.1, 0.15) is 18.4 Å². The van der Waals surface area contributed by atoms with Crippen LogP contribution in [0.5, 0.6) is 5.75 Å². The van der Waals surface area contributed by atoms with Crippen LogP contribution in [-0.2, 0) is 9.53 Å². The summed E-state index contributed by atoms with van der Waals surface area (Å²) in [5, 5.41) is 3.23. The number of hydrogen-bond acceptors (Lipinski definition) is 4. The number of benzene rings is 1. The fourth-order valence-corrected chi connectivity index (χ4v) is 2.20. The molecule has 19 heavy (non-hydrogen) atoms. The van der Waals surface area contributed by atoms with Crippen molar-refractivity contribution < 1.29 is 14.3 Å². The van der Waals surface area contributed by atoms with E-state index < -0.39 is 5.60 Å². The molecule has 0 bridgehead atoms. The van der Waals surface area contributed by atoms with E-state index in [2.05, 4.69) is 5.32 Å². The highest BCUT2D eigenvalue weighted by molar-refractivity contribution is 5.85. The predicted octanol–water partition coefficient (Wildman–Crippen LogP) is 2.09. The molecule has 1 heterocycles. The van der Waals surface area contributed by atoms with E-state index in [1.165, 1.54) is 12.7 Å². The van der Waals surface area contributed by atoms with Gasteiger partial charge in [0.15, 0.2) is 0 Å². The lowest BCUT2D eigenvalue weighted by atomic mass is 9.92. The monoisotopic (exact) mass is 285 g/mol. The van der Waals surface area contributed by atoms with Crippen molar-refractivity contribution in [1.29, 1.82) is 0 Å². The van der Waals surface area contributed by atoms with E-state index in [4.69, 9.17) is 9.47 Å². The van der Waals surface area contributed by atoms with Gasteiger partial charge < -0.3 is 14.8 Å². The van der Waals surface area contributed by atoms with Crippen LogP contribution in [-0.4, -0.2) is 31.8 Å². The SMILES string of the molecule is COC(=O)C1(Oc2ccc(C)cc2)CCNCC1.Cl. The minimum absolute atomic E-state index is 0. The maximum absolute atomic E-state index is 12.0. The second-order valence-electron chi connectivity index (χ2n) is 4.65. The number of methoxy groups -OCH3 is 1. The summed E-state index contributed by atoms with van der Waals surface area (Å²) in [6.07, 6.45) is 1.26. The van der Waals surface area contributed by atoms with Crippen molar-refractivity contribution in [3.8, 4) is 5.75 Å². The minimum Gasteiger partial charge on any atom is -0.475 e. The molecule has 106 valence electrons. The fourth-order valence-electron chi connectivity index (χ4n) is 2.20. The summed E-state index contributed by atoms with van der Waals surface area (Å²) in [6, 6.07) is 7.73. The summed E-state index contributed by atoms with van der Waals surface area (Å²) >= 11 is 0. The van der Waals surface area contributed by atoms with Gasteiger partial charge in [-0.1, -0.05) is 17.7 Å². The maximum atomic E-state index is 12.0. The van der Waals surface area contributed by atoms with Crippen LogP contribution in [0.4, 0.5) is 0 Å². The van der Waals surface area contributed by atoms with E-state index in [-0.39, 0.29) is 18.4 Å². The van der Waals surface area contributed by atoms with Crippen molar-refractivity contribution in [2.45, 2.75) is 25.4 Å². The Balaban J connectivity index is 0.00000180. The topological polar surface area (TPSA) is 47.6 Å². The Morgan fingerprint density at radius 3 is 2.32 bits per heavy atom. The van der Waals surface area contributed by atoms with Crippen LogP contribution in [0.2, 0.25) is 0 Å². The van der Waals surface area contributed by atoms with Gasteiger partial charge in [0.05, 0.1) is 7.11 Å². The summed E-state index contributed by atoms with van der Waals surface area (Å²) in [5.41, 5.74) is 0.328. The number of rotatable bonds is 3. The Morgan fingerprint density at radius 1 is 1.21 bits per heavy atom. The van der Waals surface area contributed by atoms with Crippen molar-refractivity contribution in [2.75, 3.05) is 20.2 Å². The zero-order valence-corrected chi connectivity index (χ0v) is 12.1. The number of ether oxygens (including phenoxy) is 2. The number of hydrogen-bond donors (Lipinski definition) is 1. The Labute approximate surface area is 119 Å². The third kappa shape index (κ3) is 3.61. The summed E-state index contributed by atoms with van der Waals surface area (Å²) in [4.78, 5) is 12.0. The van der Waals surface area contributed by atoms with E-state index in [0.717, 1.165) is 13.1 Å². The molecule has 1 aliphatic heterocycles. The van der Waals surface area contributed by atoms with Gasteiger partial charge in [-0.2, -0.15) is 0 Å². The molecule has 0 amide bonds. The first-order valence-corrected chi connectivity index (χ1v) is 6.21. The zero-order chi connectivity index (χ0) is 13.0. The number of halogens is 1. The Kier molecular flexibility index (Phi) is 5.63. The lowest BCUT2D eigenvalue weighted by Crippen LogP contribution is -2.52. The number of carbonyl (C=O) groups is 1. The Morgan fingerprint density at radius 2 is 1.79 bits per heavy atom. The van der Waals surface area contributed by atoms with E-state index >= 15 is 0 Å². The van der Waals surface area contributed by atoms with E-state index in [9.17, 15) is 4.79 Å². The van der Waals surface area contributed by atoms with Crippen LogP contribution >= 0.6 is 12.4 Å². The zero-order valence-electron chi connectivity index (χ0n) is 11.3. The largest absolute Gasteiger partial charge is 0.475 e. The molecule has 1 saturated heterocycles. The highest BCUT2D eigenvalue weighted by Crippen LogP contribution is 2.28. The molecule has 4 nitrogen and oxygen atoms in total. The second kappa shape index (κ2) is 6.78. The molecule has 0 aromatic heterocycles. The molecule has 1 aliphatic rings. The molecule has 1 fully saturated rings. The number of piperidine rings is 1. The van der Waals surface area contributed by atoms with Crippen LogP contribution in [0, 0.1) is 6.92 Å². The molecule has 5 heteroatoms. The first-order chi connectivity index (χ1) is 8.66. The van der Waals surface area contributed by atoms with Gasteiger partial charge in [-0.25, -0.2) is 4.79 Å². The molecule has 0 saturated carbocycles. The molecule has 0 radical (unpaired) electrons. The Bertz CT molecular complexity index is 413. The lowest BCUT2D eigenvalue weighted by molar-refractivity contribution is -0.161. The number of nitrogens with one attached hydrogen (secondary N) is 1. The molecule has 0 atom stereocenters. The molecule has 1 aromatic carbocycles. The van der Waals surface area contributed by atoms with Crippen LogP contribution in [0.3, 0.4) is 0 Å². The smallest absolute Gasteiger partial charge is 0.350 e. The molecule has 0 spiro atoms.